The summed E-state index contributed by atoms with van der Waals surface area (Å²) in [5, 5.41) is 3.70. The number of nitrogens with zero attached hydrogens (tertiary/aromatic N) is 1. The van der Waals surface area contributed by atoms with E-state index in [1.54, 1.807) is 19.1 Å². The fourth-order valence-corrected chi connectivity index (χ4v) is 3.80. The third-order valence-electron chi connectivity index (χ3n) is 5.31. The number of halogens is 1. The molecule has 0 aliphatic carbocycles. The van der Waals surface area contributed by atoms with Crippen LogP contribution < -0.4 is 14.8 Å². The Hall–Kier alpha value is -3.18. The molecule has 0 spiro atoms. The first kappa shape index (κ1) is 23.5. The number of carbonyl (C=O) groups is 1. The van der Waals surface area contributed by atoms with Gasteiger partial charge in [0.05, 0.1) is 14.2 Å². The highest BCUT2D eigenvalue weighted by atomic mass is 35.5. The quantitative estimate of drug-likeness (QED) is 0.439. The Kier molecular flexibility index (Phi) is 8.01. The van der Waals surface area contributed by atoms with Crippen LogP contribution in [0.4, 0.5) is 10.5 Å². The van der Waals surface area contributed by atoms with Crippen LogP contribution in [0.15, 0.2) is 60.7 Å². The van der Waals surface area contributed by atoms with E-state index in [4.69, 9.17) is 21.1 Å². The highest BCUT2D eigenvalue weighted by molar-refractivity contribution is 6.30. The number of aryl methyl sites for hydroxylation is 2. The molecule has 0 aromatic heterocycles. The van der Waals surface area contributed by atoms with E-state index in [9.17, 15) is 4.79 Å². The number of benzene rings is 3. The molecule has 2 amide bonds. The Morgan fingerprint density at radius 2 is 1.81 bits per heavy atom. The number of urea groups is 1. The molecule has 5 nitrogen and oxygen atoms in total. The first-order valence-electron chi connectivity index (χ1n) is 10.5. The number of hydrogen-bond donors (Lipinski definition) is 1. The molecule has 0 atom stereocenters. The number of anilines is 1. The van der Waals surface area contributed by atoms with Crippen LogP contribution in [0.2, 0.25) is 5.02 Å². The molecule has 0 heterocycles. The van der Waals surface area contributed by atoms with Crippen molar-refractivity contribution < 1.29 is 14.3 Å². The molecule has 1 N–H and O–H groups in total. The fraction of sp³-hybridized carbons (Fsp3) is 0.269. The number of ether oxygens (including phenoxy) is 2. The lowest BCUT2D eigenvalue weighted by molar-refractivity contribution is 0.209. The van der Waals surface area contributed by atoms with E-state index < -0.39 is 0 Å². The van der Waals surface area contributed by atoms with E-state index in [0.29, 0.717) is 24.5 Å². The summed E-state index contributed by atoms with van der Waals surface area (Å²) < 4.78 is 10.9. The predicted octanol–water partition coefficient (Wildman–Crippen LogP) is 6.25. The summed E-state index contributed by atoms with van der Waals surface area (Å²) in [5.74, 6) is 1.52. The first-order valence-corrected chi connectivity index (χ1v) is 10.9. The Balaban J connectivity index is 1.82. The summed E-state index contributed by atoms with van der Waals surface area (Å²) >= 11 is 6.17. The number of nitrogens with one attached hydrogen (secondary N) is 1. The molecule has 0 saturated carbocycles. The number of hydrogen-bond acceptors (Lipinski definition) is 3. The van der Waals surface area contributed by atoms with E-state index in [2.05, 4.69) is 11.4 Å². The van der Waals surface area contributed by atoms with Crippen molar-refractivity contribution in [2.24, 2.45) is 0 Å². The second-order valence-electron chi connectivity index (χ2n) is 7.73. The summed E-state index contributed by atoms with van der Waals surface area (Å²) in [6, 6.07) is 19.1. The van der Waals surface area contributed by atoms with Crippen LogP contribution in [0.25, 0.3) is 0 Å². The molecule has 3 aromatic carbocycles. The van der Waals surface area contributed by atoms with Gasteiger partial charge in [0.15, 0.2) is 0 Å². The van der Waals surface area contributed by atoms with Crippen molar-refractivity contribution in [1.82, 2.24) is 4.90 Å². The molecule has 0 unspecified atom stereocenters. The van der Waals surface area contributed by atoms with Crippen LogP contribution in [-0.2, 0) is 13.0 Å². The number of rotatable bonds is 8. The van der Waals surface area contributed by atoms with Crippen LogP contribution in [0.5, 0.6) is 11.5 Å². The minimum Gasteiger partial charge on any atom is -0.497 e. The van der Waals surface area contributed by atoms with Crippen LogP contribution >= 0.6 is 11.6 Å². The van der Waals surface area contributed by atoms with Crippen LogP contribution in [0.1, 0.15) is 22.3 Å². The topological polar surface area (TPSA) is 50.8 Å². The van der Waals surface area contributed by atoms with Crippen LogP contribution in [0, 0.1) is 13.8 Å². The van der Waals surface area contributed by atoms with Gasteiger partial charge >= 0.3 is 6.03 Å². The molecule has 0 bridgehead atoms. The van der Waals surface area contributed by atoms with Gasteiger partial charge in [0.25, 0.3) is 0 Å². The SMILES string of the molecule is COc1ccc(OC)c(CCN(Cc2cccc(Cl)c2)C(=O)Nc2ccc(C)cc2C)c1. The number of methoxy groups -OCH3 is 2. The molecule has 3 rings (SSSR count). The molecular formula is C26H29ClN2O3. The highest BCUT2D eigenvalue weighted by Crippen LogP contribution is 2.25. The third-order valence-corrected chi connectivity index (χ3v) is 5.55. The monoisotopic (exact) mass is 452 g/mol. The molecule has 0 radical (unpaired) electrons. The summed E-state index contributed by atoms with van der Waals surface area (Å²) in [6.45, 7) is 4.95. The minimum absolute atomic E-state index is 0.168. The zero-order valence-corrected chi connectivity index (χ0v) is 19.7. The predicted molar refractivity (Wildman–Crippen MR) is 130 cm³/mol. The molecule has 168 valence electrons. The van der Waals surface area contributed by atoms with Gasteiger partial charge in [-0.15, -0.1) is 0 Å². The zero-order valence-electron chi connectivity index (χ0n) is 18.9. The van der Waals surface area contributed by atoms with E-state index in [1.165, 1.54) is 0 Å². The van der Waals surface area contributed by atoms with Crippen molar-refractivity contribution in [3.63, 3.8) is 0 Å². The smallest absolute Gasteiger partial charge is 0.322 e. The normalized spacial score (nSPS) is 10.5. The lowest BCUT2D eigenvalue weighted by Crippen LogP contribution is -2.36. The Labute approximate surface area is 194 Å². The fourth-order valence-electron chi connectivity index (χ4n) is 3.59. The van der Waals surface area contributed by atoms with Gasteiger partial charge in [0.1, 0.15) is 11.5 Å². The minimum atomic E-state index is -0.168. The summed E-state index contributed by atoms with van der Waals surface area (Å²) in [6.07, 6.45) is 0.612. The van der Waals surface area contributed by atoms with E-state index in [0.717, 1.165) is 39.4 Å². The maximum Gasteiger partial charge on any atom is 0.322 e. The average Bonchev–Trinajstić information content (AvgIpc) is 2.78. The lowest BCUT2D eigenvalue weighted by Gasteiger charge is -2.24. The molecule has 3 aromatic rings. The van der Waals surface area contributed by atoms with Crippen molar-refractivity contribution in [3.8, 4) is 11.5 Å². The van der Waals surface area contributed by atoms with Crippen molar-refractivity contribution in [2.75, 3.05) is 26.1 Å². The second-order valence-corrected chi connectivity index (χ2v) is 8.16. The Bertz CT molecular complexity index is 1080. The third kappa shape index (κ3) is 6.17. The zero-order chi connectivity index (χ0) is 23.1. The van der Waals surface area contributed by atoms with Gasteiger partial charge in [-0.25, -0.2) is 4.79 Å². The van der Waals surface area contributed by atoms with Crippen molar-refractivity contribution in [2.45, 2.75) is 26.8 Å². The van der Waals surface area contributed by atoms with Crippen molar-refractivity contribution in [3.05, 3.63) is 87.9 Å². The molecule has 0 aliphatic rings. The molecule has 0 fully saturated rings. The standard InChI is InChI=1S/C26H29ClN2O3/c1-18-8-10-24(19(2)14-18)28-26(30)29(17-20-6-5-7-22(27)15-20)13-12-21-16-23(31-3)9-11-25(21)32-4/h5-11,14-16H,12-13,17H2,1-4H3,(H,28,30). The Morgan fingerprint density at radius 3 is 2.50 bits per heavy atom. The van der Waals surface area contributed by atoms with E-state index in [1.807, 2.05) is 68.4 Å². The Morgan fingerprint density at radius 1 is 1.00 bits per heavy atom. The summed E-state index contributed by atoms with van der Waals surface area (Å²) in [7, 11) is 3.27. The second kappa shape index (κ2) is 10.9. The van der Waals surface area contributed by atoms with Gasteiger partial charge < -0.3 is 19.7 Å². The summed E-state index contributed by atoms with van der Waals surface area (Å²) in [4.78, 5) is 15.0. The molecule has 32 heavy (non-hydrogen) atoms. The van der Waals surface area contributed by atoms with Gasteiger partial charge in [-0.05, 0) is 73.4 Å². The van der Waals surface area contributed by atoms with Crippen LogP contribution in [0.3, 0.4) is 0 Å². The summed E-state index contributed by atoms with van der Waals surface area (Å²) in [5.41, 5.74) is 4.92. The van der Waals surface area contributed by atoms with Crippen molar-refractivity contribution >= 4 is 23.3 Å². The van der Waals surface area contributed by atoms with Gasteiger partial charge in [0, 0.05) is 23.8 Å². The van der Waals surface area contributed by atoms with Crippen molar-refractivity contribution in [1.29, 1.82) is 0 Å². The molecule has 0 aliphatic heterocycles. The van der Waals surface area contributed by atoms with Gasteiger partial charge in [-0.3, -0.25) is 0 Å². The highest BCUT2D eigenvalue weighted by Gasteiger charge is 2.17. The molecule has 6 heteroatoms. The van der Waals surface area contributed by atoms with Gasteiger partial charge in [0.2, 0.25) is 0 Å². The lowest BCUT2D eigenvalue weighted by atomic mass is 10.1. The molecular weight excluding hydrogens is 424 g/mol. The maximum absolute atomic E-state index is 13.3. The number of amides is 2. The van der Waals surface area contributed by atoms with E-state index in [-0.39, 0.29) is 6.03 Å². The first-order chi connectivity index (χ1) is 15.4. The largest absolute Gasteiger partial charge is 0.497 e. The number of carbonyl (C=O) groups excluding carboxylic acids is 1. The average molecular weight is 453 g/mol. The van der Waals surface area contributed by atoms with Crippen LogP contribution in [-0.4, -0.2) is 31.7 Å². The molecule has 0 saturated heterocycles. The van der Waals surface area contributed by atoms with Gasteiger partial charge in [-0.2, -0.15) is 0 Å². The van der Waals surface area contributed by atoms with Gasteiger partial charge in [-0.1, -0.05) is 41.4 Å². The maximum atomic E-state index is 13.3. The van der Waals surface area contributed by atoms with E-state index >= 15 is 0 Å².